The van der Waals surface area contributed by atoms with E-state index >= 15 is 0 Å². The molecule has 1 aliphatic heterocycles. The molecule has 2 N–H and O–H groups in total. The number of aromatic amines is 1. The Morgan fingerprint density at radius 1 is 1.16 bits per heavy atom. The Bertz CT molecular complexity index is 1220. The van der Waals surface area contributed by atoms with Crippen LogP contribution in [0.25, 0.3) is 10.8 Å². The molecule has 3 aromatic rings. The van der Waals surface area contributed by atoms with Crippen molar-refractivity contribution < 1.29 is 23.8 Å². The lowest BCUT2D eigenvalue weighted by Crippen LogP contribution is -2.41. The van der Waals surface area contributed by atoms with Gasteiger partial charge in [0.1, 0.15) is 12.4 Å². The average Bonchev–Trinajstić information content (AvgIpc) is 2.81. The highest BCUT2D eigenvalue weighted by Gasteiger charge is 2.26. The number of carboxylic acid groups (broad SMARTS) is 1. The van der Waals surface area contributed by atoms with E-state index in [2.05, 4.69) is 10.2 Å². The predicted octanol–water partition coefficient (Wildman–Crippen LogP) is 2.36. The third-order valence-corrected chi connectivity index (χ3v) is 5.58. The summed E-state index contributed by atoms with van der Waals surface area (Å²) >= 11 is 0. The molecule has 1 saturated heterocycles. The number of hydrogen-bond donors (Lipinski definition) is 2. The molecule has 1 amide bonds. The van der Waals surface area contributed by atoms with E-state index in [9.17, 15) is 18.8 Å². The minimum absolute atomic E-state index is 0.0267. The maximum Gasteiger partial charge on any atom is 0.329 e. The molecule has 0 saturated carbocycles. The van der Waals surface area contributed by atoms with Crippen molar-refractivity contribution in [3.63, 3.8) is 0 Å². The number of halogens is 1. The summed E-state index contributed by atoms with van der Waals surface area (Å²) in [6.07, 6.45) is 1.08. The fourth-order valence-electron chi connectivity index (χ4n) is 3.93. The molecule has 9 heteroatoms. The van der Waals surface area contributed by atoms with E-state index in [1.54, 1.807) is 29.2 Å². The molecule has 1 fully saturated rings. The van der Waals surface area contributed by atoms with Gasteiger partial charge in [0.15, 0.2) is 0 Å². The molecule has 0 aliphatic carbocycles. The van der Waals surface area contributed by atoms with E-state index in [4.69, 9.17) is 9.84 Å². The van der Waals surface area contributed by atoms with Crippen LogP contribution in [-0.4, -0.2) is 57.9 Å². The monoisotopic (exact) mass is 439 g/mol. The molecular weight excluding hydrogens is 417 g/mol. The molecule has 4 rings (SSSR count). The summed E-state index contributed by atoms with van der Waals surface area (Å²) in [5.74, 6) is -2.06. The Morgan fingerprint density at radius 3 is 2.59 bits per heavy atom. The number of carbonyl (C=O) groups is 2. The first-order chi connectivity index (χ1) is 15.4. The van der Waals surface area contributed by atoms with Crippen LogP contribution in [-0.2, 0) is 16.0 Å². The van der Waals surface area contributed by atoms with Crippen molar-refractivity contribution >= 4 is 22.6 Å². The fourth-order valence-corrected chi connectivity index (χ4v) is 3.93. The van der Waals surface area contributed by atoms with Crippen LogP contribution in [0.4, 0.5) is 4.39 Å². The van der Waals surface area contributed by atoms with E-state index in [1.807, 2.05) is 6.07 Å². The second-order valence-electron chi connectivity index (χ2n) is 7.73. The van der Waals surface area contributed by atoms with Crippen molar-refractivity contribution in [1.82, 2.24) is 15.1 Å². The lowest BCUT2D eigenvalue weighted by Gasteiger charge is -2.31. The third-order valence-electron chi connectivity index (χ3n) is 5.58. The smallest absolute Gasteiger partial charge is 0.329 e. The molecule has 166 valence electrons. The highest BCUT2D eigenvalue weighted by Crippen LogP contribution is 2.21. The standard InChI is InChI=1S/C23H22FN3O5/c24-19-6-5-14(12-20-16-3-1-2-4-17(16)22(30)26-25-20)11-18(19)23(31)27-9-7-15(8-10-27)32-13-21(28)29/h1-6,11,15H,7-10,12-13H2,(H,26,30)(H,28,29). The van der Waals surface area contributed by atoms with Gasteiger partial charge in [0.2, 0.25) is 0 Å². The van der Waals surface area contributed by atoms with Gasteiger partial charge in [-0.25, -0.2) is 14.3 Å². The highest BCUT2D eigenvalue weighted by molar-refractivity contribution is 5.95. The first-order valence-electron chi connectivity index (χ1n) is 10.3. The van der Waals surface area contributed by atoms with Crippen molar-refractivity contribution in [2.45, 2.75) is 25.4 Å². The van der Waals surface area contributed by atoms with E-state index < -0.39 is 17.7 Å². The maximum atomic E-state index is 14.5. The number of piperidine rings is 1. The molecule has 0 atom stereocenters. The van der Waals surface area contributed by atoms with Crippen molar-refractivity contribution in [2.75, 3.05) is 19.7 Å². The number of carbonyl (C=O) groups excluding carboxylic acids is 1. The van der Waals surface area contributed by atoms with Gasteiger partial charge in [-0.1, -0.05) is 24.3 Å². The van der Waals surface area contributed by atoms with Crippen LogP contribution in [0.3, 0.4) is 0 Å². The number of ether oxygens (including phenoxy) is 1. The number of fused-ring (bicyclic) bond motifs is 1. The maximum absolute atomic E-state index is 14.5. The molecule has 32 heavy (non-hydrogen) atoms. The van der Waals surface area contributed by atoms with E-state index in [-0.39, 0.29) is 23.8 Å². The second-order valence-corrected chi connectivity index (χ2v) is 7.73. The van der Waals surface area contributed by atoms with Crippen LogP contribution in [0.2, 0.25) is 0 Å². The lowest BCUT2D eigenvalue weighted by molar-refractivity contribution is -0.145. The normalized spacial score (nSPS) is 14.6. The van der Waals surface area contributed by atoms with E-state index in [1.165, 1.54) is 12.1 Å². The van der Waals surface area contributed by atoms with E-state index in [0.717, 1.165) is 0 Å². The van der Waals surface area contributed by atoms with Crippen LogP contribution in [0.15, 0.2) is 47.3 Å². The Morgan fingerprint density at radius 2 is 1.88 bits per heavy atom. The zero-order valence-corrected chi connectivity index (χ0v) is 17.2. The fraction of sp³-hybridized carbons (Fsp3) is 0.304. The molecule has 2 heterocycles. The Hall–Kier alpha value is -3.59. The highest BCUT2D eigenvalue weighted by atomic mass is 19.1. The van der Waals surface area contributed by atoms with E-state index in [0.29, 0.717) is 54.4 Å². The molecule has 8 nitrogen and oxygen atoms in total. The number of amides is 1. The number of likely N-dealkylation sites (tertiary alicyclic amines) is 1. The number of aromatic nitrogens is 2. The van der Waals surface area contributed by atoms with Gasteiger partial charge in [-0.3, -0.25) is 9.59 Å². The first kappa shape index (κ1) is 21.6. The summed E-state index contributed by atoms with van der Waals surface area (Å²) in [4.78, 5) is 37.1. The molecule has 0 unspecified atom stereocenters. The summed E-state index contributed by atoms with van der Waals surface area (Å²) in [7, 11) is 0. The third kappa shape index (κ3) is 4.67. The van der Waals surface area contributed by atoms with Gasteiger partial charge in [0.25, 0.3) is 11.5 Å². The van der Waals surface area contributed by atoms with Gasteiger partial charge in [0, 0.05) is 24.9 Å². The lowest BCUT2D eigenvalue weighted by atomic mass is 10.0. The zero-order valence-electron chi connectivity index (χ0n) is 17.2. The van der Waals surface area contributed by atoms with Gasteiger partial charge in [0.05, 0.1) is 22.7 Å². The molecule has 0 radical (unpaired) electrons. The summed E-state index contributed by atoms with van der Waals surface area (Å²) < 4.78 is 19.8. The zero-order chi connectivity index (χ0) is 22.7. The predicted molar refractivity (Wildman–Crippen MR) is 114 cm³/mol. The quantitative estimate of drug-likeness (QED) is 0.610. The van der Waals surface area contributed by atoms with Gasteiger partial charge in [-0.15, -0.1) is 0 Å². The van der Waals surface area contributed by atoms with Crippen molar-refractivity contribution in [3.8, 4) is 0 Å². The van der Waals surface area contributed by atoms with Gasteiger partial charge >= 0.3 is 5.97 Å². The molecule has 1 aromatic heterocycles. The Balaban J connectivity index is 1.50. The average molecular weight is 439 g/mol. The number of nitrogens with one attached hydrogen (secondary N) is 1. The van der Waals surface area contributed by atoms with Crippen LogP contribution >= 0.6 is 0 Å². The van der Waals surface area contributed by atoms with Gasteiger partial charge < -0.3 is 14.7 Å². The Labute approximate surface area is 182 Å². The van der Waals surface area contributed by atoms with Crippen LogP contribution < -0.4 is 5.56 Å². The molecule has 2 aromatic carbocycles. The largest absolute Gasteiger partial charge is 0.480 e. The summed E-state index contributed by atoms with van der Waals surface area (Å²) in [6, 6.07) is 11.5. The molecule has 0 bridgehead atoms. The number of benzene rings is 2. The van der Waals surface area contributed by atoms with Crippen LogP contribution in [0.5, 0.6) is 0 Å². The van der Waals surface area contributed by atoms with Crippen molar-refractivity contribution in [1.29, 1.82) is 0 Å². The number of H-pyrrole nitrogens is 1. The molecule has 1 aliphatic rings. The SMILES string of the molecule is O=C(O)COC1CCN(C(=O)c2cc(Cc3n[nH]c(=O)c4ccccc34)ccc2F)CC1. The summed E-state index contributed by atoms with van der Waals surface area (Å²) in [5, 5.41) is 16.6. The minimum atomic E-state index is -1.04. The van der Waals surface area contributed by atoms with Crippen LogP contribution in [0, 0.1) is 5.82 Å². The number of carboxylic acids is 1. The summed E-state index contributed by atoms with van der Waals surface area (Å²) in [5.41, 5.74) is 1.01. The minimum Gasteiger partial charge on any atom is -0.480 e. The second kappa shape index (κ2) is 9.27. The van der Waals surface area contributed by atoms with Crippen LogP contribution in [0.1, 0.15) is 34.5 Å². The van der Waals surface area contributed by atoms with Crippen molar-refractivity contribution in [3.05, 3.63) is 75.5 Å². The number of nitrogens with zero attached hydrogens (tertiary/aromatic N) is 2. The Kier molecular flexibility index (Phi) is 6.27. The molecule has 0 spiro atoms. The molecular formula is C23H22FN3O5. The van der Waals surface area contributed by atoms with Gasteiger partial charge in [-0.2, -0.15) is 5.10 Å². The number of hydrogen-bond acceptors (Lipinski definition) is 5. The number of rotatable bonds is 6. The topological polar surface area (TPSA) is 113 Å². The first-order valence-corrected chi connectivity index (χ1v) is 10.3. The van der Waals surface area contributed by atoms with Gasteiger partial charge in [-0.05, 0) is 36.6 Å². The summed E-state index contributed by atoms with van der Waals surface area (Å²) in [6.45, 7) is 0.348. The van der Waals surface area contributed by atoms with Crippen molar-refractivity contribution in [2.24, 2.45) is 0 Å². The number of aliphatic carboxylic acids is 1.